The summed E-state index contributed by atoms with van der Waals surface area (Å²) in [4.78, 5) is 4.16. The summed E-state index contributed by atoms with van der Waals surface area (Å²) in [5.74, 6) is 0. The molecule has 0 aromatic carbocycles. The molecule has 1 aliphatic carbocycles. The van der Waals surface area contributed by atoms with Crippen LogP contribution >= 0.6 is 11.3 Å². The second-order valence-corrected chi connectivity index (χ2v) is 6.59. The Morgan fingerprint density at radius 3 is 2.94 bits per heavy atom. The summed E-state index contributed by atoms with van der Waals surface area (Å²) in [5.41, 5.74) is 0.452. The number of nitrogens with zero attached hydrogens (tertiary/aromatic N) is 1. The maximum atomic E-state index is 3.81. The first-order valence-corrected chi connectivity index (χ1v) is 7.74. The van der Waals surface area contributed by atoms with Gasteiger partial charge in [-0.15, -0.1) is 11.3 Å². The summed E-state index contributed by atoms with van der Waals surface area (Å²) < 4.78 is 0. The smallest absolute Gasteiger partial charge is 0.0329 e. The highest BCUT2D eigenvalue weighted by atomic mass is 32.1. The van der Waals surface area contributed by atoms with E-state index in [9.17, 15) is 0 Å². The molecule has 3 heteroatoms. The molecule has 0 radical (unpaired) electrons. The van der Waals surface area contributed by atoms with Gasteiger partial charge in [0.2, 0.25) is 0 Å². The van der Waals surface area contributed by atoms with Crippen LogP contribution in [0.1, 0.15) is 37.0 Å². The Labute approximate surface area is 108 Å². The van der Waals surface area contributed by atoms with Crippen molar-refractivity contribution in [1.29, 1.82) is 0 Å². The molecule has 94 valence electrons. The summed E-state index contributed by atoms with van der Waals surface area (Å²) in [7, 11) is 0. The van der Waals surface area contributed by atoms with Crippen molar-refractivity contribution in [2.45, 2.75) is 44.2 Å². The molecule has 1 saturated carbocycles. The minimum Gasteiger partial charge on any atom is -0.309 e. The second-order valence-electron chi connectivity index (χ2n) is 5.56. The van der Waals surface area contributed by atoms with E-state index in [0.29, 0.717) is 5.54 Å². The van der Waals surface area contributed by atoms with E-state index in [2.05, 4.69) is 27.7 Å². The van der Waals surface area contributed by atoms with Crippen molar-refractivity contribution >= 4 is 11.3 Å². The fourth-order valence-electron chi connectivity index (χ4n) is 3.36. The minimum atomic E-state index is 0.452. The molecule has 1 spiro atoms. The van der Waals surface area contributed by atoms with Gasteiger partial charge in [-0.3, -0.25) is 4.90 Å². The molecule has 2 fully saturated rings. The number of hydrogen-bond donors (Lipinski definition) is 1. The van der Waals surface area contributed by atoms with Crippen LogP contribution in [0.5, 0.6) is 0 Å². The van der Waals surface area contributed by atoms with Crippen LogP contribution in [0.4, 0.5) is 0 Å². The van der Waals surface area contributed by atoms with Gasteiger partial charge in [0.25, 0.3) is 0 Å². The molecule has 0 bridgehead atoms. The van der Waals surface area contributed by atoms with E-state index in [4.69, 9.17) is 0 Å². The molecular weight excluding hydrogens is 228 g/mol. The highest BCUT2D eigenvalue weighted by Crippen LogP contribution is 2.31. The molecule has 1 aromatic rings. The molecule has 2 heterocycles. The molecule has 0 amide bonds. The lowest BCUT2D eigenvalue weighted by molar-refractivity contribution is 0.0952. The van der Waals surface area contributed by atoms with Crippen LogP contribution in [-0.4, -0.2) is 30.1 Å². The first-order chi connectivity index (χ1) is 8.36. The Morgan fingerprint density at radius 1 is 1.29 bits per heavy atom. The average molecular weight is 250 g/mol. The first-order valence-electron chi connectivity index (χ1n) is 6.86. The largest absolute Gasteiger partial charge is 0.309 e. The maximum Gasteiger partial charge on any atom is 0.0329 e. The monoisotopic (exact) mass is 250 g/mol. The van der Waals surface area contributed by atoms with Gasteiger partial charge in [-0.25, -0.2) is 0 Å². The summed E-state index contributed by atoms with van der Waals surface area (Å²) in [5, 5.41) is 5.99. The first kappa shape index (κ1) is 11.7. The summed E-state index contributed by atoms with van der Waals surface area (Å²) in [6.07, 6.45) is 7.04. The predicted molar refractivity (Wildman–Crippen MR) is 73.4 cm³/mol. The van der Waals surface area contributed by atoms with Crippen molar-refractivity contribution in [1.82, 2.24) is 10.2 Å². The standard InChI is InChI=1S/C14H22N2S/c1-2-6-14(7-3-1)12-16(9-8-15-14)11-13-5-4-10-17-13/h4-5,10,15H,1-3,6-9,11-12H2. The van der Waals surface area contributed by atoms with Gasteiger partial charge in [-0.2, -0.15) is 0 Å². The molecule has 0 unspecified atom stereocenters. The normalized spacial score (nSPS) is 25.2. The summed E-state index contributed by atoms with van der Waals surface area (Å²) >= 11 is 1.89. The van der Waals surface area contributed by atoms with E-state index in [1.54, 1.807) is 0 Å². The molecule has 2 nitrogen and oxygen atoms in total. The lowest BCUT2D eigenvalue weighted by Crippen LogP contribution is -2.60. The Morgan fingerprint density at radius 2 is 2.18 bits per heavy atom. The summed E-state index contributed by atoms with van der Waals surface area (Å²) in [6, 6.07) is 4.43. The van der Waals surface area contributed by atoms with Crippen LogP contribution < -0.4 is 5.32 Å². The third-order valence-corrected chi connectivity index (χ3v) is 5.09. The van der Waals surface area contributed by atoms with Crippen molar-refractivity contribution in [3.05, 3.63) is 22.4 Å². The Hall–Kier alpha value is -0.380. The van der Waals surface area contributed by atoms with Crippen LogP contribution in [0.2, 0.25) is 0 Å². The maximum absolute atomic E-state index is 3.81. The van der Waals surface area contributed by atoms with Crippen molar-refractivity contribution in [3.8, 4) is 0 Å². The topological polar surface area (TPSA) is 15.3 Å². The molecular formula is C14H22N2S. The van der Waals surface area contributed by atoms with Crippen LogP contribution in [0.25, 0.3) is 0 Å². The second kappa shape index (κ2) is 5.09. The van der Waals surface area contributed by atoms with Gasteiger partial charge >= 0.3 is 0 Å². The zero-order valence-corrected chi connectivity index (χ0v) is 11.3. The van der Waals surface area contributed by atoms with Crippen LogP contribution in [0.15, 0.2) is 17.5 Å². The van der Waals surface area contributed by atoms with Gasteiger partial charge in [-0.1, -0.05) is 25.3 Å². The van der Waals surface area contributed by atoms with Crippen molar-refractivity contribution < 1.29 is 0 Å². The molecule has 0 atom stereocenters. The van der Waals surface area contributed by atoms with Gasteiger partial charge < -0.3 is 5.32 Å². The van der Waals surface area contributed by atoms with E-state index in [1.807, 2.05) is 11.3 Å². The number of nitrogens with one attached hydrogen (secondary N) is 1. The number of hydrogen-bond acceptors (Lipinski definition) is 3. The quantitative estimate of drug-likeness (QED) is 0.868. The van der Waals surface area contributed by atoms with Crippen LogP contribution in [0.3, 0.4) is 0 Å². The van der Waals surface area contributed by atoms with Gasteiger partial charge in [-0.05, 0) is 24.3 Å². The zero-order valence-electron chi connectivity index (χ0n) is 10.5. The molecule has 2 aliphatic rings. The molecule has 1 aliphatic heterocycles. The van der Waals surface area contributed by atoms with E-state index >= 15 is 0 Å². The van der Waals surface area contributed by atoms with Gasteiger partial charge in [0.15, 0.2) is 0 Å². The van der Waals surface area contributed by atoms with Gasteiger partial charge in [0, 0.05) is 36.6 Å². The lowest BCUT2D eigenvalue weighted by Gasteiger charge is -2.46. The van der Waals surface area contributed by atoms with Crippen LogP contribution in [0, 0.1) is 0 Å². The fraction of sp³-hybridized carbons (Fsp3) is 0.714. The molecule has 1 saturated heterocycles. The van der Waals surface area contributed by atoms with Crippen molar-refractivity contribution in [2.24, 2.45) is 0 Å². The Balaban J connectivity index is 1.62. The predicted octanol–water partition coefficient (Wildman–Crippen LogP) is 2.86. The Kier molecular flexibility index (Phi) is 3.50. The number of rotatable bonds is 2. The molecule has 1 N–H and O–H groups in total. The molecule has 1 aromatic heterocycles. The third kappa shape index (κ3) is 2.72. The van der Waals surface area contributed by atoms with Crippen LogP contribution in [-0.2, 0) is 6.54 Å². The van der Waals surface area contributed by atoms with E-state index in [1.165, 1.54) is 56.6 Å². The molecule has 17 heavy (non-hydrogen) atoms. The third-order valence-electron chi connectivity index (χ3n) is 4.22. The molecule has 3 rings (SSSR count). The minimum absolute atomic E-state index is 0.452. The van der Waals surface area contributed by atoms with Gasteiger partial charge in [0.05, 0.1) is 0 Å². The van der Waals surface area contributed by atoms with Crippen molar-refractivity contribution in [2.75, 3.05) is 19.6 Å². The number of thiophene rings is 1. The zero-order chi connectivity index (χ0) is 11.6. The number of piperazine rings is 1. The van der Waals surface area contributed by atoms with E-state index in [0.717, 1.165) is 6.54 Å². The highest BCUT2D eigenvalue weighted by Gasteiger charge is 2.35. The lowest BCUT2D eigenvalue weighted by atomic mass is 9.80. The SMILES string of the molecule is c1csc(CN2CCNC3(CCCCC3)C2)c1. The Bertz CT molecular complexity index is 336. The average Bonchev–Trinajstić information content (AvgIpc) is 2.83. The highest BCUT2D eigenvalue weighted by molar-refractivity contribution is 7.09. The van der Waals surface area contributed by atoms with Crippen molar-refractivity contribution in [3.63, 3.8) is 0 Å². The van der Waals surface area contributed by atoms with E-state index in [-0.39, 0.29) is 0 Å². The van der Waals surface area contributed by atoms with E-state index < -0.39 is 0 Å². The fourth-order valence-corrected chi connectivity index (χ4v) is 4.11. The summed E-state index contributed by atoms with van der Waals surface area (Å²) in [6.45, 7) is 4.79. The van der Waals surface area contributed by atoms with Gasteiger partial charge in [0.1, 0.15) is 0 Å².